The van der Waals surface area contributed by atoms with E-state index in [-0.39, 0.29) is 12.8 Å². The van der Waals surface area contributed by atoms with Crippen LogP contribution in [0, 0.1) is 5.92 Å². The number of carboxylic acid groups (broad SMARTS) is 1. The van der Waals surface area contributed by atoms with Crippen LogP contribution in [0.2, 0.25) is 0 Å². The molecule has 5 N–H and O–H groups in total. The highest BCUT2D eigenvalue weighted by Gasteiger charge is 2.36. The Balaban J connectivity index is 2.09. The average molecular weight is 588 g/mol. The van der Waals surface area contributed by atoms with E-state index < -0.39 is 65.0 Å². The number of carboxylic acids is 1. The molecule has 2 rings (SSSR count). The van der Waals surface area contributed by atoms with Crippen LogP contribution in [-0.4, -0.2) is 69.1 Å². The predicted octanol–water partition coefficient (Wildman–Crippen LogP) is 0.997. The van der Waals surface area contributed by atoms with Gasteiger partial charge in [0.25, 0.3) is 5.91 Å². The van der Waals surface area contributed by atoms with E-state index in [4.69, 9.17) is 0 Å². The highest BCUT2D eigenvalue weighted by Crippen LogP contribution is 2.12. The summed E-state index contributed by atoms with van der Waals surface area (Å²) < 4.78 is 0. The molecule has 41 heavy (non-hydrogen) atoms. The van der Waals surface area contributed by atoms with Gasteiger partial charge in [0.05, 0.1) is 18.0 Å². The first-order valence-corrected chi connectivity index (χ1v) is 14.0. The second-order valence-corrected chi connectivity index (χ2v) is 11.3. The minimum absolute atomic E-state index is 0.0436. The van der Waals surface area contributed by atoms with Gasteiger partial charge in [-0.2, -0.15) is 0 Å². The van der Waals surface area contributed by atoms with Gasteiger partial charge in [0.15, 0.2) is 0 Å². The third-order valence-electron chi connectivity index (χ3n) is 6.48. The Labute approximate surface area is 242 Å². The van der Waals surface area contributed by atoms with E-state index >= 15 is 0 Å². The Morgan fingerprint density at radius 1 is 0.976 bits per heavy atom. The third kappa shape index (κ3) is 10.1. The summed E-state index contributed by atoms with van der Waals surface area (Å²) in [6.45, 7) is 7.37. The van der Waals surface area contributed by atoms with Crippen molar-refractivity contribution in [3.05, 3.63) is 52.5 Å². The monoisotopic (exact) mass is 587 g/mol. The van der Waals surface area contributed by atoms with Crippen molar-refractivity contribution in [1.29, 1.82) is 0 Å². The molecule has 2 aromatic rings. The molecule has 0 saturated heterocycles. The SMILES string of the molecule is CCC(C)C(NC(=O)C(=O)C(C)NC(=O)C(Cc1cncs1)NC(=O)Cc1ccccc1)C(=O)NC(C)(C)C(=O)O. The molecule has 13 heteroatoms. The van der Waals surface area contributed by atoms with E-state index in [1.165, 1.54) is 32.1 Å². The summed E-state index contributed by atoms with van der Waals surface area (Å²) in [7, 11) is 0. The van der Waals surface area contributed by atoms with Gasteiger partial charge in [0, 0.05) is 17.5 Å². The number of nitrogens with one attached hydrogen (secondary N) is 4. The number of Topliss-reactive ketones (excluding diaryl/α,β-unsaturated/α-hetero) is 1. The number of nitrogens with zero attached hydrogens (tertiary/aromatic N) is 1. The largest absolute Gasteiger partial charge is 0.480 e. The predicted molar refractivity (Wildman–Crippen MR) is 152 cm³/mol. The maximum Gasteiger partial charge on any atom is 0.328 e. The molecule has 4 amide bonds. The van der Waals surface area contributed by atoms with E-state index in [0.717, 1.165) is 10.4 Å². The first kappa shape index (κ1) is 33.1. The molecule has 0 spiro atoms. The van der Waals surface area contributed by atoms with Crippen molar-refractivity contribution in [2.24, 2.45) is 5.92 Å². The number of thiazole rings is 1. The van der Waals surface area contributed by atoms with E-state index in [2.05, 4.69) is 26.3 Å². The molecule has 0 saturated carbocycles. The van der Waals surface area contributed by atoms with E-state index in [1.807, 2.05) is 6.07 Å². The van der Waals surface area contributed by atoms with E-state index in [0.29, 0.717) is 6.42 Å². The van der Waals surface area contributed by atoms with Crippen molar-refractivity contribution < 1.29 is 33.9 Å². The van der Waals surface area contributed by atoms with Gasteiger partial charge in [0.1, 0.15) is 17.6 Å². The molecule has 0 fully saturated rings. The van der Waals surface area contributed by atoms with Gasteiger partial charge in [-0.3, -0.25) is 29.0 Å². The van der Waals surface area contributed by atoms with Crippen molar-refractivity contribution in [3.63, 3.8) is 0 Å². The maximum absolute atomic E-state index is 13.2. The fraction of sp³-hybridized carbons (Fsp3) is 0.464. The molecule has 4 atom stereocenters. The van der Waals surface area contributed by atoms with Crippen molar-refractivity contribution in [1.82, 2.24) is 26.3 Å². The number of carbonyl (C=O) groups excluding carboxylic acids is 5. The van der Waals surface area contributed by atoms with Crippen LogP contribution in [0.3, 0.4) is 0 Å². The zero-order chi connectivity index (χ0) is 30.7. The topological polar surface area (TPSA) is 184 Å². The average Bonchev–Trinajstić information content (AvgIpc) is 3.43. The summed E-state index contributed by atoms with van der Waals surface area (Å²) in [4.78, 5) is 80.5. The lowest BCUT2D eigenvalue weighted by atomic mass is 9.96. The number of aliphatic carboxylic acids is 1. The van der Waals surface area contributed by atoms with Gasteiger partial charge < -0.3 is 26.4 Å². The number of ketones is 1. The van der Waals surface area contributed by atoms with Gasteiger partial charge in [0.2, 0.25) is 23.5 Å². The summed E-state index contributed by atoms with van der Waals surface area (Å²) in [5.41, 5.74) is 0.749. The normalized spacial score (nSPS) is 14.1. The molecule has 12 nitrogen and oxygen atoms in total. The maximum atomic E-state index is 13.2. The van der Waals surface area contributed by atoms with Crippen LogP contribution >= 0.6 is 11.3 Å². The van der Waals surface area contributed by atoms with Crippen LogP contribution in [0.4, 0.5) is 0 Å². The molecule has 0 aliphatic carbocycles. The standard InChI is InChI=1S/C28H37N5O7S/c1-6-16(2)22(25(37)33-28(4,5)27(39)40)32-26(38)23(35)17(3)30-24(36)20(13-19-14-29-15-41-19)31-21(34)12-18-10-8-7-9-11-18/h7-11,14-17,20,22H,6,12-13H2,1-5H3,(H,30,36)(H,31,34)(H,32,38)(H,33,37)(H,39,40). The van der Waals surface area contributed by atoms with Crippen molar-refractivity contribution in [3.8, 4) is 0 Å². The molecule has 4 unspecified atom stereocenters. The highest BCUT2D eigenvalue weighted by atomic mass is 32.1. The first-order chi connectivity index (χ1) is 19.2. The van der Waals surface area contributed by atoms with Crippen LogP contribution in [0.15, 0.2) is 42.0 Å². The van der Waals surface area contributed by atoms with Crippen LogP contribution in [0.1, 0.15) is 51.5 Å². The lowest BCUT2D eigenvalue weighted by Gasteiger charge is -2.28. The second kappa shape index (κ2) is 15.0. The quantitative estimate of drug-likeness (QED) is 0.191. The second-order valence-electron chi connectivity index (χ2n) is 10.3. The lowest BCUT2D eigenvalue weighted by molar-refractivity contribution is -0.147. The van der Waals surface area contributed by atoms with Crippen LogP contribution in [0.5, 0.6) is 0 Å². The molecule has 0 bridgehead atoms. The Morgan fingerprint density at radius 3 is 2.20 bits per heavy atom. The molecular weight excluding hydrogens is 550 g/mol. The van der Waals surface area contributed by atoms with Crippen molar-refractivity contribution in [2.45, 2.75) is 77.5 Å². The number of amides is 4. The zero-order valence-electron chi connectivity index (χ0n) is 23.7. The summed E-state index contributed by atoms with van der Waals surface area (Å²) in [6, 6.07) is 5.48. The molecule has 0 radical (unpaired) electrons. The van der Waals surface area contributed by atoms with E-state index in [1.54, 1.807) is 49.8 Å². The Kier molecular flexibility index (Phi) is 12.1. The molecule has 0 aliphatic heterocycles. The molecule has 1 aromatic heterocycles. The Morgan fingerprint density at radius 2 is 1.63 bits per heavy atom. The highest BCUT2D eigenvalue weighted by molar-refractivity contribution is 7.09. The summed E-state index contributed by atoms with van der Waals surface area (Å²) in [6.07, 6.45) is 2.19. The molecule has 1 heterocycles. The summed E-state index contributed by atoms with van der Waals surface area (Å²) in [5.74, 6) is -5.64. The number of hydrogen-bond acceptors (Lipinski definition) is 8. The van der Waals surface area contributed by atoms with Gasteiger partial charge in [-0.25, -0.2) is 4.79 Å². The van der Waals surface area contributed by atoms with Crippen molar-refractivity contribution >= 4 is 46.7 Å². The van der Waals surface area contributed by atoms with Gasteiger partial charge in [-0.05, 0) is 32.3 Å². The number of benzene rings is 1. The molecule has 222 valence electrons. The number of rotatable bonds is 15. The van der Waals surface area contributed by atoms with Gasteiger partial charge >= 0.3 is 5.97 Å². The van der Waals surface area contributed by atoms with Crippen LogP contribution in [0.25, 0.3) is 0 Å². The van der Waals surface area contributed by atoms with E-state index in [9.17, 15) is 33.9 Å². The van der Waals surface area contributed by atoms with Crippen LogP contribution < -0.4 is 21.3 Å². The minimum atomic E-state index is -1.60. The number of aromatic nitrogens is 1. The Hall–Kier alpha value is -4.13. The third-order valence-corrected chi connectivity index (χ3v) is 7.28. The van der Waals surface area contributed by atoms with Crippen molar-refractivity contribution in [2.75, 3.05) is 0 Å². The molecular formula is C28H37N5O7S. The fourth-order valence-corrected chi connectivity index (χ4v) is 4.35. The zero-order valence-corrected chi connectivity index (χ0v) is 24.5. The minimum Gasteiger partial charge on any atom is -0.480 e. The van der Waals surface area contributed by atoms with Gasteiger partial charge in [-0.15, -0.1) is 11.3 Å². The lowest BCUT2D eigenvalue weighted by Crippen LogP contribution is -2.60. The number of carbonyl (C=O) groups is 6. The molecule has 1 aromatic carbocycles. The first-order valence-electron chi connectivity index (χ1n) is 13.2. The summed E-state index contributed by atoms with van der Waals surface area (Å²) in [5, 5.41) is 19.3. The smallest absolute Gasteiger partial charge is 0.328 e. The summed E-state index contributed by atoms with van der Waals surface area (Å²) >= 11 is 1.30. The Bertz CT molecular complexity index is 1230. The molecule has 0 aliphatic rings. The van der Waals surface area contributed by atoms with Gasteiger partial charge in [-0.1, -0.05) is 50.6 Å². The van der Waals surface area contributed by atoms with Crippen LogP contribution in [-0.2, 0) is 41.6 Å². The number of hydrogen-bond donors (Lipinski definition) is 5. The fourth-order valence-electron chi connectivity index (χ4n) is 3.71.